The first-order valence-electron chi connectivity index (χ1n) is 7.12. The number of carbonyl (C=O) groups excluding carboxylic acids is 1. The van der Waals surface area contributed by atoms with Gasteiger partial charge in [-0.05, 0) is 25.8 Å². The number of aliphatic carboxylic acids is 1. The second-order valence-corrected chi connectivity index (χ2v) is 6.03. The number of β-lactam (4-membered cyclic amide) rings is 1. The molecule has 2 saturated heterocycles. The molecule has 21 heavy (non-hydrogen) atoms. The van der Waals surface area contributed by atoms with Crippen molar-refractivity contribution in [3.05, 3.63) is 11.3 Å². The van der Waals surface area contributed by atoms with Crippen LogP contribution in [0.2, 0.25) is 0 Å². The number of carboxylic acid groups (broad SMARTS) is 1. The molecule has 114 valence electrons. The first-order valence-corrected chi connectivity index (χ1v) is 7.12. The van der Waals surface area contributed by atoms with Crippen molar-refractivity contribution >= 4 is 17.7 Å². The SMILES string of the molecule is CC(=N)N1CCC2=C(C(=O)O)N3C(=O)[C@H]([C@@H](C)O)[C@H]3[C@@H]2C1. The van der Waals surface area contributed by atoms with E-state index in [-0.39, 0.29) is 23.6 Å². The molecule has 2 fully saturated rings. The molecule has 1 amide bonds. The number of rotatable bonds is 2. The highest BCUT2D eigenvalue weighted by atomic mass is 16.4. The lowest BCUT2D eigenvalue weighted by Gasteiger charge is -2.48. The van der Waals surface area contributed by atoms with Gasteiger partial charge in [0.1, 0.15) is 5.70 Å². The van der Waals surface area contributed by atoms with Crippen LogP contribution in [-0.2, 0) is 9.59 Å². The van der Waals surface area contributed by atoms with Crippen molar-refractivity contribution in [1.82, 2.24) is 9.80 Å². The highest BCUT2D eigenvalue weighted by Gasteiger charge is 2.61. The van der Waals surface area contributed by atoms with Gasteiger partial charge >= 0.3 is 5.97 Å². The molecule has 0 aromatic heterocycles. The number of hydrogen-bond acceptors (Lipinski definition) is 4. The molecule has 0 aliphatic carbocycles. The van der Waals surface area contributed by atoms with Crippen molar-refractivity contribution < 1.29 is 19.8 Å². The van der Waals surface area contributed by atoms with Crippen molar-refractivity contribution in [3.8, 4) is 0 Å². The average Bonchev–Trinajstić information content (AvgIpc) is 2.68. The Morgan fingerprint density at radius 2 is 2.14 bits per heavy atom. The van der Waals surface area contributed by atoms with E-state index < -0.39 is 18.0 Å². The molecule has 0 aromatic rings. The number of nitrogens with zero attached hydrogens (tertiary/aromatic N) is 2. The van der Waals surface area contributed by atoms with Gasteiger partial charge in [0.2, 0.25) is 5.91 Å². The van der Waals surface area contributed by atoms with E-state index in [4.69, 9.17) is 5.41 Å². The number of carboxylic acids is 1. The van der Waals surface area contributed by atoms with Crippen molar-refractivity contribution in [2.24, 2.45) is 11.8 Å². The number of aliphatic hydroxyl groups is 1. The molecule has 0 bridgehead atoms. The molecule has 4 atom stereocenters. The van der Waals surface area contributed by atoms with Crippen LogP contribution < -0.4 is 0 Å². The van der Waals surface area contributed by atoms with Gasteiger partial charge in [0.05, 0.1) is 23.9 Å². The third-order valence-corrected chi connectivity index (χ3v) is 4.86. The van der Waals surface area contributed by atoms with Crippen molar-refractivity contribution in [2.75, 3.05) is 13.1 Å². The summed E-state index contributed by atoms with van der Waals surface area (Å²) in [4.78, 5) is 26.9. The Morgan fingerprint density at radius 3 is 2.67 bits per heavy atom. The van der Waals surface area contributed by atoms with E-state index in [9.17, 15) is 19.8 Å². The van der Waals surface area contributed by atoms with Crippen LogP contribution in [0.1, 0.15) is 20.3 Å². The van der Waals surface area contributed by atoms with Crippen molar-refractivity contribution in [1.29, 1.82) is 5.41 Å². The Labute approximate surface area is 122 Å². The molecule has 0 radical (unpaired) electrons. The number of piperidine rings is 1. The van der Waals surface area contributed by atoms with Crippen LogP contribution in [0.4, 0.5) is 0 Å². The minimum Gasteiger partial charge on any atom is -0.477 e. The summed E-state index contributed by atoms with van der Waals surface area (Å²) in [5, 5.41) is 27.0. The number of amidine groups is 1. The highest BCUT2D eigenvalue weighted by molar-refractivity contribution is 6.00. The van der Waals surface area contributed by atoms with Gasteiger partial charge in [-0.15, -0.1) is 0 Å². The molecule has 0 spiro atoms. The van der Waals surface area contributed by atoms with E-state index in [1.165, 1.54) is 4.90 Å². The number of likely N-dealkylation sites (tertiary alicyclic amines) is 1. The third-order valence-electron chi connectivity index (χ3n) is 4.86. The average molecular weight is 293 g/mol. The number of amides is 1. The lowest BCUT2D eigenvalue weighted by Crippen LogP contribution is -2.65. The molecule has 0 aromatic carbocycles. The van der Waals surface area contributed by atoms with Crippen LogP contribution in [0.15, 0.2) is 11.3 Å². The van der Waals surface area contributed by atoms with Crippen LogP contribution in [0, 0.1) is 17.2 Å². The largest absolute Gasteiger partial charge is 0.477 e. The summed E-state index contributed by atoms with van der Waals surface area (Å²) in [5.41, 5.74) is 0.899. The Morgan fingerprint density at radius 1 is 1.48 bits per heavy atom. The molecular weight excluding hydrogens is 274 g/mol. The van der Waals surface area contributed by atoms with Gasteiger partial charge in [0.15, 0.2) is 0 Å². The molecule has 3 aliphatic heterocycles. The molecule has 3 N–H and O–H groups in total. The summed E-state index contributed by atoms with van der Waals surface area (Å²) in [5.74, 6) is -1.55. The number of carbonyl (C=O) groups is 2. The molecule has 7 nitrogen and oxygen atoms in total. The van der Waals surface area contributed by atoms with Crippen LogP contribution in [0.5, 0.6) is 0 Å². The Kier molecular flexibility index (Phi) is 3.05. The smallest absolute Gasteiger partial charge is 0.352 e. The van der Waals surface area contributed by atoms with Gasteiger partial charge < -0.3 is 20.0 Å². The van der Waals surface area contributed by atoms with E-state index in [0.29, 0.717) is 25.3 Å². The predicted octanol–water partition coefficient (Wildman–Crippen LogP) is -0.134. The monoisotopic (exact) mass is 293 g/mol. The third kappa shape index (κ3) is 1.80. The summed E-state index contributed by atoms with van der Waals surface area (Å²) in [6, 6.07) is -0.277. The zero-order valence-electron chi connectivity index (χ0n) is 12.0. The standard InChI is InChI=1S/C14H19N3O4/c1-6(18)10-11-9-5-16(7(2)15)4-3-8(9)12(14(20)21)17(11)13(10)19/h6,9-11,15,18H,3-5H2,1-2H3,(H,20,21)/t6-,9-,10-,11-/m1/s1. The maximum atomic E-state index is 12.2. The summed E-state index contributed by atoms with van der Waals surface area (Å²) < 4.78 is 0. The van der Waals surface area contributed by atoms with Gasteiger partial charge in [0, 0.05) is 19.0 Å². The van der Waals surface area contributed by atoms with Gasteiger partial charge in [0.25, 0.3) is 0 Å². The number of hydrogen-bond donors (Lipinski definition) is 3. The van der Waals surface area contributed by atoms with Crippen molar-refractivity contribution in [2.45, 2.75) is 32.4 Å². The first kappa shape index (κ1) is 14.1. The molecule has 3 rings (SSSR count). The zero-order chi connectivity index (χ0) is 15.5. The fourth-order valence-corrected chi connectivity index (χ4v) is 3.90. The van der Waals surface area contributed by atoms with Crippen molar-refractivity contribution in [3.63, 3.8) is 0 Å². The fourth-order valence-electron chi connectivity index (χ4n) is 3.90. The maximum absolute atomic E-state index is 12.2. The minimum atomic E-state index is -1.07. The molecular formula is C14H19N3O4. The van der Waals surface area contributed by atoms with Crippen LogP contribution >= 0.6 is 0 Å². The van der Waals surface area contributed by atoms with Crippen LogP contribution in [-0.4, -0.2) is 63.0 Å². The number of fused-ring (bicyclic) bond motifs is 3. The summed E-state index contributed by atoms with van der Waals surface area (Å²) in [6.07, 6.45) is -0.236. The Balaban J connectivity index is 1.97. The summed E-state index contributed by atoms with van der Waals surface area (Å²) >= 11 is 0. The maximum Gasteiger partial charge on any atom is 0.352 e. The number of nitrogens with one attached hydrogen (secondary N) is 1. The molecule has 0 unspecified atom stereocenters. The molecule has 3 aliphatic rings. The topological polar surface area (TPSA) is 105 Å². The summed E-state index contributed by atoms with van der Waals surface area (Å²) in [6.45, 7) is 4.42. The quantitative estimate of drug-likeness (QED) is 0.373. The van der Waals surface area contributed by atoms with E-state index >= 15 is 0 Å². The summed E-state index contributed by atoms with van der Waals surface area (Å²) in [7, 11) is 0. The Hall–Kier alpha value is -1.89. The molecule has 7 heteroatoms. The van der Waals surface area contributed by atoms with Gasteiger partial charge in [-0.25, -0.2) is 4.79 Å². The predicted molar refractivity (Wildman–Crippen MR) is 73.5 cm³/mol. The van der Waals surface area contributed by atoms with Gasteiger partial charge in [-0.1, -0.05) is 0 Å². The van der Waals surface area contributed by atoms with E-state index in [2.05, 4.69) is 0 Å². The number of aliphatic hydroxyl groups excluding tert-OH is 1. The van der Waals surface area contributed by atoms with Crippen LogP contribution in [0.25, 0.3) is 0 Å². The second kappa shape index (κ2) is 4.56. The lowest BCUT2D eigenvalue weighted by molar-refractivity contribution is -0.163. The minimum absolute atomic E-state index is 0.0950. The van der Waals surface area contributed by atoms with Gasteiger partial charge in [-0.2, -0.15) is 0 Å². The highest BCUT2D eigenvalue weighted by Crippen LogP contribution is 2.49. The van der Waals surface area contributed by atoms with Gasteiger partial charge in [-0.3, -0.25) is 10.2 Å². The fraction of sp³-hybridized carbons (Fsp3) is 0.643. The molecule has 0 saturated carbocycles. The second-order valence-electron chi connectivity index (χ2n) is 6.03. The Bertz CT molecular complexity index is 569. The first-order chi connectivity index (χ1) is 9.84. The van der Waals surface area contributed by atoms with Crippen LogP contribution in [0.3, 0.4) is 0 Å². The molecule has 3 heterocycles. The van der Waals surface area contributed by atoms with E-state index in [1.54, 1.807) is 13.8 Å². The zero-order valence-corrected chi connectivity index (χ0v) is 12.0. The lowest BCUT2D eigenvalue weighted by atomic mass is 9.75. The van der Waals surface area contributed by atoms with E-state index in [1.807, 2.05) is 4.90 Å². The normalized spacial score (nSPS) is 32.5. The van der Waals surface area contributed by atoms with E-state index in [0.717, 1.165) is 5.57 Å².